The van der Waals surface area contributed by atoms with Gasteiger partial charge in [-0.15, -0.1) is 17.3 Å². The van der Waals surface area contributed by atoms with Gasteiger partial charge in [-0.05, 0) is 19.1 Å². The molecule has 2 aromatic rings. The Hall–Kier alpha value is -2.34. The fourth-order valence-electron chi connectivity index (χ4n) is 3.41. The van der Waals surface area contributed by atoms with Crippen LogP contribution in [0.2, 0.25) is 0 Å². The summed E-state index contributed by atoms with van der Waals surface area (Å²) in [4.78, 5) is 5.39. The van der Waals surface area contributed by atoms with Crippen LogP contribution in [0.5, 0.6) is 0 Å². The number of alkyl halides is 6. The summed E-state index contributed by atoms with van der Waals surface area (Å²) in [5.74, 6) is 5.47. The Labute approximate surface area is 189 Å². The molecule has 33 heavy (non-hydrogen) atoms. The van der Waals surface area contributed by atoms with Crippen molar-refractivity contribution in [1.29, 1.82) is 0 Å². The minimum atomic E-state index is -5.99. The molecule has 180 valence electrons. The molecule has 1 N–H and O–H groups in total. The molecule has 0 aliphatic carbocycles. The number of thiazole rings is 1. The van der Waals surface area contributed by atoms with Gasteiger partial charge in [0.25, 0.3) is 15.6 Å². The molecule has 0 bridgehead atoms. The average molecular weight is 513 g/mol. The topological polar surface area (TPSA) is 73.7 Å². The Morgan fingerprint density at radius 1 is 1.09 bits per heavy atom. The molecule has 1 unspecified atom stereocenters. The van der Waals surface area contributed by atoms with Gasteiger partial charge in [-0.25, -0.2) is 13.4 Å². The van der Waals surface area contributed by atoms with Crippen molar-refractivity contribution in [3.05, 3.63) is 41.4 Å². The van der Waals surface area contributed by atoms with Crippen LogP contribution in [0.15, 0.2) is 40.2 Å². The van der Waals surface area contributed by atoms with Gasteiger partial charge in [0.2, 0.25) is 4.34 Å². The first-order valence-electron chi connectivity index (χ1n) is 9.28. The molecule has 0 saturated carbocycles. The summed E-state index contributed by atoms with van der Waals surface area (Å²) in [7, 11) is -3.87. The van der Waals surface area contributed by atoms with Crippen LogP contribution in [0.25, 0.3) is 0 Å². The van der Waals surface area contributed by atoms with Crippen molar-refractivity contribution in [2.75, 3.05) is 24.5 Å². The lowest BCUT2D eigenvalue weighted by Gasteiger charge is -2.40. The third-order valence-corrected chi connectivity index (χ3v) is 8.11. The second-order valence-corrected chi connectivity index (χ2v) is 10.0. The van der Waals surface area contributed by atoms with Crippen LogP contribution in [-0.4, -0.2) is 60.8 Å². The predicted molar refractivity (Wildman–Crippen MR) is 108 cm³/mol. The number of hydrogen-bond donors (Lipinski definition) is 1. The fourth-order valence-corrected chi connectivity index (χ4v) is 5.81. The molecule has 2 heterocycles. The smallest absolute Gasteiger partial charge is 0.369 e. The van der Waals surface area contributed by atoms with Crippen LogP contribution in [0.3, 0.4) is 0 Å². The van der Waals surface area contributed by atoms with Crippen LogP contribution >= 0.6 is 11.3 Å². The number of sulfonamides is 1. The average Bonchev–Trinajstić information content (AvgIpc) is 3.28. The van der Waals surface area contributed by atoms with Crippen LogP contribution in [0.1, 0.15) is 12.5 Å². The first-order chi connectivity index (χ1) is 15.2. The van der Waals surface area contributed by atoms with E-state index in [0.717, 1.165) is 23.5 Å². The van der Waals surface area contributed by atoms with Gasteiger partial charge in [0, 0.05) is 42.5 Å². The lowest BCUT2D eigenvalue weighted by molar-refractivity contribution is -0.376. The molecule has 1 aromatic carbocycles. The summed E-state index contributed by atoms with van der Waals surface area (Å²) in [5.41, 5.74) is -6.18. The Balaban J connectivity index is 1.90. The van der Waals surface area contributed by atoms with Gasteiger partial charge >= 0.3 is 12.4 Å². The summed E-state index contributed by atoms with van der Waals surface area (Å²) >= 11 is 0.945. The van der Waals surface area contributed by atoms with Gasteiger partial charge in [0.15, 0.2) is 0 Å². The van der Waals surface area contributed by atoms with E-state index in [1.54, 1.807) is 4.90 Å². The van der Waals surface area contributed by atoms with Crippen LogP contribution in [0, 0.1) is 11.8 Å². The number of piperazine rings is 1. The Morgan fingerprint density at radius 2 is 1.70 bits per heavy atom. The fraction of sp³-hybridized carbons (Fsp3) is 0.421. The van der Waals surface area contributed by atoms with Crippen LogP contribution in [-0.2, 0) is 15.6 Å². The van der Waals surface area contributed by atoms with Crippen molar-refractivity contribution in [1.82, 2.24) is 9.29 Å². The van der Waals surface area contributed by atoms with E-state index in [2.05, 4.69) is 16.8 Å². The largest absolute Gasteiger partial charge is 0.430 e. The molecule has 1 saturated heterocycles. The van der Waals surface area contributed by atoms with E-state index < -0.39 is 39.6 Å². The summed E-state index contributed by atoms with van der Waals surface area (Å²) in [6.07, 6.45) is -10.6. The molecule has 1 atom stereocenters. The van der Waals surface area contributed by atoms with E-state index in [4.69, 9.17) is 0 Å². The first kappa shape index (κ1) is 25.3. The molecule has 0 amide bonds. The number of rotatable bonds is 4. The maximum atomic E-state index is 13.1. The molecule has 1 aliphatic heterocycles. The van der Waals surface area contributed by atoms with E-state index >= 15 is 0 Å². The molecule has 0 spiro atoms. The van der Waals surface area contributed by atoms with E-state index in [-0.39, 0.29) is 29.7 Å². The van der Waals surface area contributed by atoms with Crippen molar-refractivity contribution in [2.24, 2.45) is 0 Å². The normalized spacial score (nSPS) is 18.7. The zero-order valence-corrected chi connectivity index (χ0v) is 18.5. The zero-order chi connectivity index (χ0) is 24.7. The molecule has 14 heteroatoms. The van der Waals surface area contributed by atoms with Crippen molar-refractivity contribution < 1.29 is 39.9 Å². The van der Waals surface area contributed by atoms with Crippen molar-refractivity contribution in [2.45, 2.75) is 35.3 Å². The van der Waals surface area contributed by atoms with Gasteiger partial charge in [-0.1, -0.05) is 18.1 Å². The number of anilines is 1. The number of aromatic nitrogens is 1. The summed E-state index contributed by atoms with van der Waals surface area (Å²) in [5, 5.41) is 11.1. The Morgan fingerprint density at radius 3 is 2.18 bits per heavy atom. The number of aliphatic hydroxyl groups is 1. The Kier molecular flexibility index (Phi) is 6.73. The van der Waals surface area contributed by atoms with E-state index in [9.17, 15) is 39.9 Å². The molecule has 6 nitrogen and oxygen atoms in total. The highest BCUT2D eigenvalue weighted by atomic mass is 32.2. The second-order valence-electron chi connectivity index (χ2n) is 7.02. The molecule has 1 aromatic heterocycles. The highest BCUT2D eigenvalue weighted by molar-refractivity contribution is 7.91. The minimum Gasteiger partial charge on any atom is -0.369 e. The van der Waals surface area contributed by atoms with E-state index in [0.29, 0.717) is 12.1 Å². The van der Waals surface area contributed by atoms with Crippen molar-refractivity contribution >= 4 is 27.0 Å². The zero-order valence-electron chi connectivity index (χ0n) is 16.9. The van der Waals surface area contributed by atoms with Crippen LogP contribution < -0.4 is 4.90 Å². The number of halogens is 6. The molecule has 1 fully saturated rings. The van der Waals surface area contributed by atoms with Gasteiger partial charge in [-0.2, -0.15) is 30.6 Å². The number of nitrogens with zero attached hydrogens (tertiary/aromatic N) is 3. The third kappa shape index (κ3) is 4.54. The van der Waals surface area contributed by atoms with Crippen molar-refractivity contribution in [3.8, 4) is 11.8 Å². The molecular formula is C19H17F6N3O3S2. The summed E-state index contributed by atoms with van der Waals surface area (Å²) < 4.78 is 105. The van der Waals surface area contributed by atoms with E-state index in [1.165, 1.54) is 22.8 Å². The van der Waals surface area contributed by atoms with Gasteiger partial charge < -0.3 is 10.0 Å². The monoisotopic (exact) mass is 513 g/mol. The highest BCUT2D eigenvalue weighted by Gasteiger charge is 2.71. The molecule has 1 aliphatic rings. The second kappa shape index (κ2) is 8.79. The van der Waals surface area contributed by atoms with E-state index in [1.807, 2.05) is 0 Å². The van der Waals surface area contributed by atoms with Gasteiger partial charge in [-0.3, -0.25) is 0 Å². The standard InChI is InChI=1S/C19H17F6N3O3S2/c1-2-3-15-12-27(33(30,31)16-26-8-11-32-16)9-10-28(15)14-6-4-13(5-7-14)17(29,18(20,21)22)19(23,24)25/h4-8,11,15,29H,9-10,12H2,1H3. The Bertz CT molecular complexity index is 1120. The van der Waals surface area contributed by atoms with Gasteiger partial charge in [0.05, 0.1) is 0 Å². The predicted octanol–water partition coefficient (Wildman–Crippen LogP) is 3.36. The summed E-state index contributed by atoms with van der Waals surface area (Å²) in [6.45, 7) is 1.51. The lowest BCUT2D eigenvalue weighted by Crippen LogP contribution is -2.54. The first-order valence-corrected chi connectivity index (χ1v) is 11.6. The maximum Gasteiger partial charge on any atom is 0.430 e. The third-order valence-electron chi connectivity index (χ3n) is 5.06. The quantitative estimate of drug-likeness (QED) is 0.502. The molecular weight excluding hydrogens is 496 g/mol. The van der Waals surface area contributed by atoms with Gasteiger partial charge in [0.1, 0.15) is 6.04 Å². The lowest BCUT2D eigenvalue weighted by atomic mass is 9.92. The summed E-state index contributed by atoms with van der Waals surface area (Å²) in [6, 6.07) is 2.39. The van der Waals surface area contributed by atoms with Crippen LogP contribution in [0.4, 0.5) is 32.0 Å². The number of hydrogen-bond acceptors (Lipinski definition) is 6. The molecule has 0 radical (unpaired) electrons. The molecule has 3 rings (SSSR count). The van der Waals surface area contributed by atoms with Crippen molar-refractivity contribution in [3.63, 3.8) is 0 Å². The number of benzene rings is 1. The maximum absolute atomic E-state index is 13.1. The minimum absolute atomic E-state index is 0.000594. The SMILES string of the molecule is CC#CC1CN(S(=O)(=O)c2nccs2)CCN1c1ccc(C(O)(C(F)(F)F)C(F)(F)F)cc1. The highest BCUT2D eigenvalue weighted by Crippen LogP contribution is 2.50.